The molecule has 5 aliphatic rings. The molecule has 34 heavy (non-hydrogen) atoms. The molecule has 1 aromatic rings. The first kappa shape index (κ1) is 24.2. The van der Waals surface area contributed by atoms with Gasteiger partial charge in [-0.15, -0.1) is 0 Å². The van der Waals surface area contributed by atoms with E-state index in [9.17, 15) is 18.0 Å². The summed E-state index contributed by atoms with van der Waals surface area (Å²) in [7, 11) is -3.19. The smallest absolute Gasteiger partial charge is 0.247 e. The standard InChI is InChI=1S/C24H31Cl2N3O4S/c25-17-5-4-6-18(26)20(17)29(34(32)33)24(7-2-1-3-8-24)22(31)28-19-15-9-14-10-16(19)13-23(11-14,12-15)21(27)30/h4-6,14-16,19,34H,1-3,7-13H2,(H2,27,30)(H,28,31). The number of carbonyl (C=O) groups excluding carboxylic acids is 2. The van der Waals surface area contributed by atoms with Gasteiger partial charge in [0.2, 0.25) is 22.7 Å². The van der Waals surface area contributed by atoms with Gasteiger partial charge < -0.3 is 11.1 Å². The SMILES string of the molecule is NC(=O)C12CC3CC(C1)C(NC(=O)C1(N(c4c(Cl)cccc4Cl)[SH](=O)=O)CCCCC1)C(C3)C2. The van der Waals surface area contributed by atoms with Crippen molar-refractivity contribution in [2.45, 2.75) is 75.8 Å². The Labute approximate surface area is 211 Å². The van der Waals surface area contributed by atoms with Crippen molar-refractivity contribution in [1.29, 1.82) is 0 Å². The number of benzene rings is 1. The minimum Gasteiger partial charge on any atom is -0.369 e. The van der Waals surface area contributed by atoms with Crippen molar-refractivity contribution < 1.29 is 18.0 Å². The Morgan fingerprint density at radius 1 is 1.00 bits per heavy atom. The van der Waals surface area contributed by atoms with Crippen LogP contribution in [-0.2, 0) is 20.5 Å². The number of para-hydroxylation sites is 1. The molecule has 1 aromatic carbocycles. The highest BCUT2D eigenvalue weighted by Gasteiger charge is 2.59. The zero-order chi connectivity index (χ0) is 24.3. The minimum absolute atomic E-state index is 0.0802. The third-order valence-corrected chi connectivity index (χ3v) is 10.4. The number of amides is 2. The Morgan fingerprint density at radius 3 is 2.12 bits per heavy atom. The third-order valence-electron chi connectivity index (χ3n) is 8.92. The van der Waals surface area contributed by atoms with Crippen LogP contribution in [0.25, 0.3) is 0 Å². The fourth-order valence-electron chi connectivity index (χ4n) is 7.66. The molecule has 0 radical (unpaired) electrons. The van der Waals surface area contributed by atoms with Crippen molar-refractivity contribution in [2.24, 2.45) is 28.9 Å². The van der Waals surface area contributed by atoms with Gasteiger partial charge in [0.1, 0.15) is 5.54 Å². The second-order valence-electron chi connectivity index (χ2n) is 10.8. The summed E-state index contributed by atoms with van der Waals surface area (Å²) < 4.78 is 26.5. The van der Waals surface area contributed by atoms with E-state index in [0.717, 1.165) is 42.8 Å². The van der Waals surface area contributed by atoms with Gasteiger partial charge in [0.25, 0.3) is 0 Å². The first-order chi connectivity index (χ1) is 16.2. The van der Waals surface area contributed by atoms with Crippen molar-refractivity contribution in [3.63, 3.8) is 0 Å². The van der Waals surface area contributed by atoms with Crippen LogP contribution in [0.5, 0.6) is 0 Å². The van der Waals surface area contributed by atoms with Crippen molar-refractivity contribution in [3.8, 4) is 0 Å². The van der Waals surface area contributed by atoms with E-state index < -0.39 is 21.8 Å². The lowest BCUT2D eigenvalue weighted by Gasteiger charge is -2.59. The molecule has 0 spiro atoms. The maximum absolute atomic E-state index is 14.1. The lowest BCUT2D eigenvalue weighted by atomic mass is 9.47. The number of rotatable bonds is 6. The van der Waals surface area contributed by atoms with Crippen molar-refractivity contribution in [2.75, 3.05) is 4.31 Å². The Hall–Kier alpha value is -1.51. The van der Waals surface area contributed by atoms with Crippen LogP contribution in [0.1, 0.15) is 64.2 Å². The number of hydrogen-bond donors (Lipinski definition) is 3. The van der Waals surface area contributed by atoms with Gasteiger partial charge in [0, 0.05) is 11.5 Å². The van der Waals surface area contributed by atoms with Crippen LogP contribution < -0.4 is 15.4 Å². The number of anilines is 1. The number of primary amides is 1. The third kappa shape index (κ3) is 3.80. The van der Waals surface area contributed by atoms with E-state index in [0.29, 0.717) is 31.6 Å². The molecule has 10 heteroatoms. The maximum Gasteiger partial charge on any atom is 0.247 e. The summed E-state index contributed by atoms with van der Waals surface area (Å²) in [6.45, 7) is 0. The molecule has 2 unspecified atom stereocenters. The number of thiol groups is 1. The monoisotopic (exact) mass is 527 g/mol. The first-order valence-electron chi connectivity index (χ1n) is 12.2. The number of carbonyl (C=O) groups is 2. The molecule has 3 N–H and O–H groups in total. The van der Waals surface area contributed by atoms with E-state index in [2.05, 4.69) is 5.32 Å². The number of hydrogen-bond acceptors (Lipinski definition) is 4. The maximum atomic E-state index is 14.1. The molecule has 4 bridgehead atoms. The van der Waals surface area contributed by atoms with Gasteiger partial charge in [-0.1, -0.05) is 48.5 Å². The Kier molecular flexibility index (Phi) is 6.30. The molecular weight excluding hydrogens is 497 g/mol. The van der Waals surface area contributed by atoms with E-state index in [1.165, 1.54) is 0 Å². The zero-order valence-corrected chi connectivity index (χ0v) is 21.4. The molecule has 0 aromatic heterocycles. The Morgan fingerprint density at radius 2 is 1.59 bits per heavy atom. The van der Waals surface area contributed by atoms with Crippen LogP contribution in [0.15, 0.2) is 18.2 Å². The van der Waals surface area contributed by atoms with Crippen LogP contribution in [0.3, 0.4) is 0 Å². The number of nitrogens with two attached hydrogens (primary N) is 1. The molecule has 186 valence electrons. The summed E-state index contributed by atoms with van der Waals surface area (Å²) in [6.07, 6.45) is 7.41. The highest BCUT2D eigenvalue weighted by Crippen LogP contribution is 2.60. The fraction of sp³-hybridized carbons (Fsp3) is 0.667. The Bertz CT molecular complexity index is 1040. The van der Waals surface area contributed by atoms with Crippen LogP contribution in [0, 0.1) is 23.2 Å². The van der Waals surface area contributed by atoms with Crippen molar-refractivity contribution in [3.05, 3.63) is 28.2 Å². The van der Waals surface area contributed by atoms with E-state index in [-0.39, 0.29) is 45.4 Å². The van der Waals surface area contributed by atoms with Crippen LogP contribution in [-0.4, -0.2) is 31.8 Å². The zero-order valence-electron chi connectivity index (χ0n) is 19.0. The van der Waals surface area contributed by atoms with Gasteiger partial charge in [-0.3, -0.25) is 13.9 Å². The average Bonchev–Trinajstić information content (AvgIpc) is 2.78. The molecule has 5 aliphatic carbocycles. The highest BCUT2D eigenvalue weighted by atomic mass is 35.5. The van der Waals surface area contributed by atoms with Crippen molar-refractivity contribution >= 4 is 51.6 Å². The van der Waals surface area contributed by atoms with E-state index >= 15 is 0 Å². The molecule has 6 rings (SSSR count). The fourth-order valence-corrected chi connectivity index (χ4v) is 9.33. The summed E-state index contributed by atoms with van der Waals surface area (Å²) in [6, 6.07) is 4.75. The van der Waals surface area contributed by atoms with Gasteiger partial charge in [0.15, 0.2) is 0 Å². The molecule has 0 heterocycles. The van der Waals surface area contributed by atoms with Crippen LogP contribution in [0.2, 0.25) is 10.0 Å². The number of nitrogens with zero attached hydrogens (tertiary/aromatic N) is 1. The van der Waals surface area contributed by atoms with Gasteiger partial charge in [-0.25, -0.2) is 8.42 Å². The predicted molar refractivity (Wildman–Crippen MR) is 132 cm³/mol. The second-order valence-corrected chi connectivity index (χ2v) is 12.5. The molecule has 2 amide bonds. The summed E-state index contributed by atoms with van der Waals surface area (Å²) in [4.78, 5) is 26.4. The minimum atomic E-state index is -3.19. The quantitative estimate of drug-likeness (QED) is 0.488. The van der Waals surface area contributed by atoms with E-state index in [4.69, 9.17) is 28.9 Å². The van der Waals surface area contributed by atoms with Crippen molar-refractivity contribution in [1.82, 2.24) is 5.32 Å². The largest absolute Gasteiger partial charge is 0.369 e. The van der Waals surface area contributed by atoms with Gasteiger partial charge >= 0.3 is 0 Å². The normalized spacial score (nSPS) is 33.6. The Balaban J connectivity index is 1.48. The van der Waals surface area contributed by atoms with Gasteiger partial charge in [0.05, 0.1) is 15.7 Å². The molecule has 2 atom stereocenters. The predicted octanol–water partition coefficient (Wildman–Crippen LogP) is 3.83. The van der Waals surface area contributed by atoms with Crippen LogP contribution in [0.4, 0.5) is 5.69 Å². The lowest BCUT2D eigenvalue weighted by molar-refractivity contribution is -0.148. The summed E-state index contributed by atoms with van der Waals surface area (Å²) in [5, 5.41) is 3.68. The lowest BCUT2D eigenvalue weighted by Crippen LogP contribution is -2.66. The van der Waals surface area contributed by atoms with Gasteiger partial charge in [-0.05, 0) is 74.8 Å². The van der Waals surface area contributed by atoms with E-state index in [1.54, 1.807) is 18.2 Å². The summed E-state index contributed by atoms with van der Waals surface area (Å²) in [5.41, 5.74) is 4.25. The van der Waals surface area contributed by atoms with E-state index in [1.807, 2.05) is 0 Å². The number of halogens is 2. The second kappa shape index (κ2) is 8.86. The molecule has 0 saturated heterocycles. The first-order valence-corrected chi connectivity index (χ1v) is 14.0. The highest BCUT2D eigenvalue weighted by molar-refractivity contribution is 7.74. The molecule has 0 aliphatic heterocycles. The molecule has 5 fully saturated rings. The molecule has 5 saturated carbocycles. The number of nitrogens with one attached hydrogen (secondary N) is 1. The van der Waals surface area contributed by atoms with Gasteiger partial charge in [-0.2, -0.15) is 0 Å². The average molecular weight is 529 g/mol. The molecule has 7 nitrogen and oxygen atoms in total. The molecular formula is C24H31Cl2N3O4S. The summed E-state index contributed by atoms with van der Waals surface area (Å²) in [5.74, 6) is 0.330. The summed E-state index contributed by atoms with van der Waals surface area (Å²) >= 11 is 12.8. The topological polar surface area (TPSA) is 110 Å². The van der Waals surface area contributed by atoms with Crippen LogP contribution >= 0.6 is 23.2 Å².